The van der Waals surface area contributed by atoms with Crippen molar-refractivity contribution in [2.45, 2.75) is 32.6 Å². The molecule has 0 unspecified atom stereocenters. The summed E-state index contributed by atoms with van der Waals surface area (Å²) in [6.07, 6.45) is 7.86. The van der Waals surface area contributed by atoms with Crippen LogP contribution in [0.5, 0.6) is 5.75 Å². The molecular formula is C14H17NO2. The number of carbonyl (C=O) groups excluding carboxylic acids is 1. The molecule has 3 nitrogen and oxygen atoms in total. The van der Waals surface area contributed by atoms with E-state index in [0.29, 0.717) is 18.5 Å². The molecule has 1 amide bonds. The van der Waals surface area contributed by atoms with Gasteiger partial charge in [-0.2, -0.15) is 0 Å². The highest BCUT2D eigenvalue weighted by Crippen LogP contribution is 2.24. The Bertz CT molecular complexity index is 432. The lowest BCUT2D eigenvalue weighted by Crippen LogP contribution is -2.11. The van der Waals surface area contributed by atoms with Crippen molar-refractivity contribution in [2.75, 3.05) is 5.32 Å². The normalized spacial score (nSPS) is 9.65. The van der Waals surface area contributed by atoms with Crippen LogP contribution in [0, 0.1) is 19.3 Å². The first-order valence-corrected chi connectivity index (χ1v) is 5.66. The van der Waals surface area contributed by atoms with Gasteiger partial charge in [-0.25, -0.2) is 0 Å². The predicted octanol–water partition coefficient (Wildman–Crippen LogP) is 2.83. The van der Waals surface area contributed by atoms with Gasteiger partial charge in [0.15, 0.2) is 0 Å². The van der Waals surface area contributed by atoms with E-state index in [9.17, 15) is 9.90 Å². The summed E-state index contributed by atoms with van der Waals surface area (Å²) in [5, 5.41) is 12.3. The molecule has 0 aliphatic carbocycles. The molecule has 1 rings (SSSR count). The number of hydrogen-bond donors (Lipinski definition) is 2. The van der Waals surface area contributed by atoms with E-state index in [1.807, 2.05) is 13.0 Å². The number of amides is 1. The van der Waals surface area contributed by atoms with Crippen molar-refractivity contribution in [2.24, 2.45) is 0 Å². The van der Waals surface area contributed by atoms with Crippen molar-refractivity contribution in [3.05, 3.63) is 23.8 Å². The summed E-state index contributed by atoms with van der Waals surface area (Å²) in [5.74, 6) is 2.54. The largest absolute Gasteiger partial charge is 0.506 e. The van der Waals surface area contributed by atoms with Gasteiger partial charge in [0.2, 0.25) is 5.91 Å². The van der Waals surface area contributed by atoms with Gasteiger partial charge in [-0.3, -0.25) is 4.79 Å². The van der Waals surface area contributed by atoms with Crippen molar-refractivity contribution in [1.29, 1.82) is 0 Å². The molecule has 2 N–H and O–H groups in total. The standard InChI is InChI=1S/C14H17NO2/c1-3-4-5-6-7-14(17)15-12-9-8-11(2)10-13(12)16/h1,8-10,16H,4-7H2,2H3,(H,15,17). The number of aromatic hydroxyl groups is 1. The molecule has 0 bridgehead atoms. The Balaban J connectivity index is 2.43. The topological polar surface area (TPSA) is 49.3 Å². The molecule has 0 radical (unpaired) electrons. The Labute approximate surface area is 102 Å². The third kappa shape index (κ3) is 4.60. The summed E-state index contributed by atoms with van der Waals surface area (Å²) in [6.45, 7) is 1.88. The number of nitrogens with one attached hydrogen (secondary N) is 1. The van der Waals surface area contributed by atoms with Crippen molar-refractivity contribution < 1.29 is 9.90 Å². The van der Waals surface area contributed by atoms with Gasteiger partial charge in [0.1, 0.15) is 5.75 Å². The van der Waals surface area contributed by atoms with Gasteiger partial charge in [-0.05, 0) is 37.5 Å². The maximum absolute atomic E-state index is 11.5. The molecule has 0 fully saturated rings. The second-order valence-electron chi connectivity index (χ2n) is 3.98. The summed E-state index contributed by atoms with van der Waals surface area (Å²) < 4.78 is 0. The molecule has 0 aromatic heterocycles. The van der Waals surface area contributed by atoms with E-state index in [4.69, 9.17) is 6.42 Å². The Morgan fingerprint density at radius 1 is 1.47 bits per heavy atom. The Hall–Kier alpha value is -1.95. The number of phenolic OH excluding ortho intramolecular Hbond substituents is 1. The van der Waals surface area contributed by atoms with Crippen LogP contribution in [0.3, 0.4) is 0 Å². The zero-order valence-corrected chi connectivity index (χ0v) is 9.99. The molecular weight excluding hydrogens is 214 g/mol. The summed E-state index contributed by atoms with van der Waals surface area (Å²) in [5.41, 5.74) is 1.41. The highest BCUT2D eigenvalue weighted by molar-refractivity contribution is 5.92. The molecule has 0 aliphatic rings. The molecule has 90 valence electrons. The average Bonchev–Trinajstić information content (AvgIpc) is 2.28. The molecule has 1 aromatic rings. The molecule has 0 aliphatic heterocycles. The van der Waals surface area contributed by atoms with Crippen LogP contribution in [-0.2, 0) is 4.79 Å². The van der Waals surface area contributed by atoms with Gasteiger partial charge in [0.25, 0.3) is 0 Å². The summed E-state index contributed by atoms with van der Waals surface area (Å²) in [7, 11) is 0. The molecule has 3 heteroatoms. The lowest BCUT2D eigenvalue weighted by atomic mass is 10.1. The predicted molar refractivity (Wildman–Crippen MR) is 68.8 cm³/mol. The van der Waals surface area contributed by atoms with Crippen molar-refractivity contribution >= 4 is 11.6 Å². The molecule has 1 aromatic carbocycles. The molecule has 0 atom stereocenters. The van der Waals surface area contributed by atoms with Gasteiger partial charge < -0.3 is 10.4 Å². The van der Waals surface area contributed by atoms with Crippen molar-refractivity contribution in [1.82, 2.24) is 0 Å². The van der Waals surface area contributed by atoms with Crippen LogP contribution in [-0.4, -0.2) is 11.0 Å². The number of rotatable bonds is 5. The fourth-order valence-electron chi connectivity index (χ4n) is 1.47. The Kier molecular flexibility index (Phi) is 5.09. The van der Waals surface area contributed by atoms with E-state index in [-0.39, 0.29) is 11.7 Å². The van der Waals surface area contributed by atoms with E-state index in [1.54, 1.807) is 12.1 Å². The third-order valence-electron chi connectivity index (χ3n) is 2.40. The highest BCUT2D eigenvalue weighted by Gasteiger charge is 2.05. The van der Waals surface area contributed by atoms with E-state index >= 15 is 0 Å². The van der Waals surface area contributed by atoms with Gasteiger partial charge in [-0.15, -0.1) is 12.3 Å². The Morgan fingerprint density at radius 2 is 2.24 bits per heavy atom. The van der Waals surface area contributed by atoms with Crippen LogP contribution in [0.4, 0.5) is 5.69 Å². The zero-order valence-electron chi connectivity index (χ0n) is 9.99. The van der Waals surface area contributed by atoms with E-state index in [1.165, 1.54) is 0 Å². The smallest absolute Gasteiger partial charge is 0.224 e. The number of anilines is 1. The monoisotopic (exact) mass is 231 g/mol. The van der Waals surface area contributed by atoms with E-state index in [0.717, 1.165) is 18.4 Å². The molecule has 17 heavy (non-hydrogen) atoms. The van der Waals surface area contributed by atoms with Gasteiger partial charge in [0.05, 0.1) is 5.69 Å². The van der Waals surface area contributed by atoms with Crippen LogP contribution in [0.15, 0.2) is 18.2 Å². The summed E-state index contributed by atoms with van der Waals surface area (Å²) in [6, 6.07) is 5.16. The van der Waals surface area contributed by atoms with E-state index in [2.05, 4.69) is 11.2 Å². The molecule has 0 saturated carbocycles. The first kappa shape index (κ1) is 13.1. The first-order valence-electron chi connectivity index (χ1n) is 5.66. The molecule has 0 spiro atoms. The molecule has 0 saturated heterocycles. The van der Waals surface area contributed by atoms with Gasteiger partial charge in [-0.1, -0.05) is 6.07 Å². The van der Waals surface area contributed by atoms with Crippen molar-refractivity contribution in [3.8, 4) is 18.1 Å². The summed E-state index contributed by atoms with van der Waals surface area (Å²) in [4.78, 5) is 11.5. The van der Waals surface area contributed by atoms with Gasteiger partial charge >= 0.3 is 0 Å². The number of benzene rings is 1. The van der Waals surface area contributed by atoms with Crippen LogP contribution in [0.2, 0.25) is 0 Å². The SMILES string of the molecule is C#CCCCCC(=O)Nc1ccc(C)cc1O. The fraction of sp³-hybridized carbons (Fsp3) is 0.357. The van der Waals surface area contributed by atoms with Gasteiger partial charge in [0, 0.05) is 12.8 Å². The maximum atomic E-state index is 11.5. The Morgan fingerprint density at radius 3 is 2.88 bits per heavy atom. The minimum absolute atomic E-state index is 0.0961. The van der Waals surface area contributed by atoms with Crippen LogP contribution in [0.1, 0.15) is 31.2 Å². The average molecular weight is 231 g/mol. The highest BCUT2D eigenvalue weighted by atomic mass is 16.3. The first-order chi connectivity index (χ1) is 8.13. The zero-order chi connectivity index (χ0) is 12.7. The number of aryl methyl sites for hydroxylation is 1. The van der Waals surface area contributed by atoms with E-state index < -0.39 is 0 Å². The second kappa shape index (κ2) is 6.59. The minimum atomic E-state index is -0.0961. The number of phenols is 1. The van der Waals surface area contributed by atoms with Crippen LogP contribution in [0.25, 0.3) is 0 Å². The summed E-state index contributed by atoms with van der Waals surface area (Å²) >= 11 is 0. The number of terminal acetylenes is 1. The quantitative estimate of drug-likeness (QED) is 0.465. The third-order valence-corrected chi connectivity index (χ3v) is 2.40. The van der Waals surface area contributed by atoms with Crippen LogP contribution >= 0.6 is 0 Å². The minimum Gasteiger partial charge on any atom is -0.506 e. The number of carbonyl (C=O) groups is 1. The lowest BCUT2D eigenvalue weighted by molar-refractivity contribution is -0.116. The number of unbranched alkanes of at least 4 members (excludes halogenated alkanes) is 2. The maximum Gasteiger partial charge on any atom is 0.224 e. The molecule has 0 heterocycles. The van der Waals surface area contributed by atoms with Crippen molar-refractivity contribution in [3.63, 3.8) is 0 Å². The number of hydrogen-bond acceptors (Lipinski definition) is 2. The lowest BCUT2D eigenvalue weighted by Gasteiger charge is -2.07. The second-order valence-corrected chi connectivity index (χ2v) is 3.98. The van der Waals surface area contributed by atoms with Crippen LogP contribution < -0.4 is 5.32 Å². The fourth-order valence-corrected chi connectivity index (χ4v) is 1.47.